The van der Waals surface area contributed by atoms with Crippen LogP contribution >= 0.6 is 0 Å². The number of hydrogen-bond acceptors (Lipinski definition) is 4. The van der Waals surface area contributed by atoms with Crippen LogP contribution in [0.3, 0.4) is 0 Å². The standard InChI is InChI=1S/C10H17NO3/c1-14-9(12)7-11-8-3-2-5-10(11,13)6-4-8/h8,13H,2-7H2,1H3/t8-,10-/m1/s1. The minimum Gasteiger partial charge on any atom is -0.468 e. The highest BCUT2D eigenvalue weighted by Gasteiger charge is 2.47. The largest absolute Gasteiger partial charge is 0.468 e. The molecule has 80 valence electrons. The van der Waals surface area contributed by atoms with Gasteiger partial charge in [0.1, 0.15) is 5.72 Å². The van der Waals surface area contributed by atoms with Crippen LogP contribution in [0.25, 0.3) is 0 Å². The molecule has 0 amide bonds. The van der Waals surface area contributed by atoms with Crippen LogP contribution in [0.5, 0.6) is 0 Å². The second-order valence-corrected chi connectivity index (χ2v) is 4.27. The first-order chi connectivity index (χ1) is 6.65. The molecular weight excluding hydrogens is 182 g/mol. The molecule has 1 N–H and O–H groups in total. The molecule has 2 bridgehead atoms. The highest BCUT2D eigenvalue weighted by atomic mass is 16.5. The lowest BCUT2D eigenvalue weighted by molar-refractivity contribution is -0.157. The molecule has 2 aliphatic heterocycles. The van der Waals surface area contributed by atoms with Crippen LogP contribution in [0.2, 0.25) is 0 Å². The van der Waals surface area contributed by atoms with Gasteiger partial charge in [-0.05, 0) is 32.1 Å². The van der Waals surface area contributed by atoms with Crippen LogP contribution in [-0.4, -0.2) is 41.4 Å². The van der Waals surface area contributed by atoms with Gasteiger partial charge in [-0.2, -0.15) is 0 Å². The Bertz CT molecular complexity index is 240. The van der Waals surface area contributed by atoms with E-state index in [4.69, 9.17) is 0 Å². The number of nitrogens with zero attached hydrogens (tertiary/aromatic N) is 1. The lowest BCUT2D eigenvalue weighted by Gasteiger charge is -2.40. The average Bonchev–Trinajstić information content (AvgIpc) is 2.38. The Morgan fingerprint density at radius 2 is 2.36 bits per heavy atom. The number of hydrogen-bond donors (Lipinski definition) is 1. The number of ether oxygens (including phenoxy) is 1. The SMILES string of the molecule is COC(=O)CN1[C@@H]2CCC[C@@]1(O)CC2. The molecule has 0 radical (unpaired) electrons. The fourth-order valence-corrected chi connectivity index (χ4v) is 2.71. The molecule has 0 aromatic rings. The first kappa shape index (κ1) is 9.93. The number of esters is 1. The summed E-state index contributed by atoms with van der Waals surface area (Å²) in [5, 5.41) is 10.2. The molecule has 0 spiro atoms. The van der Waals surface area contributed by atoms with Crippen molar-refractivity contribution in [2.75, 3.05) is 13.7 Å². The second-order valence-electron chi connectivity index (χ2n) is 4.27. The van der Waals surface area contributed by atoms with Gasteiger partial charge in [0.05, 0.1) is 13.7 Å². The van der Waals surface area contributed by atoms with Gasteiger partial charge in [0.2, 0.25) is 0 Å². The maximum absolute atomic E-state index is 11.2. The average molecular weight is 199 g/mol. The Hall–Kier alpha value is -0.610. The lowest BCUT2D eigenvalue weighted by Crippen LogP contribution is -2.52. The van der Waals surface area contributed by atoms with Crippen molar-refractivity contribution in [2.24, 2.45) is 0 Å². The highest BCUT2D eigenvalue weighted by molar-refractivity contribution is 5.71. The number of carbonyl (C=O) groups excluding carboxylic acids is 1. The monoisotopic (exact) mass is 199 g/mol. The molecule has 2 aliphatic rings. The third kappa shape index (κ3) is 1.53. The van der Waals surface area contributed by atoms with Crippen molar-refractivity contribution in [2.45, 2.75) is 43.9 Å². The van der Waals surface area contributed by atoms with E-state index in [0.717, 1.165) is 32.1 Å². The quantitative estimate of drug-likeness (QED) is 0.658. The summed E-state index contributed by atoms with van der Waals surface area (Å²) in [6, 6.07) is 0.382. The Labute approximate surface area is 83.8 Å². The van der Waals surface area contributed by atoms with Crippen molar-refractivity contribution in [3.05, 3.63) is 0 Å². The van der Waals surface area contributed by atoms with E-state index in [1.54, 1.807) is 0 Å². The Kier molecular flexibility index (Phi) is 2.49. The van der Waals surface area contributed by atoms with Gasteiger partial charge in [0.15, 0.2) is 0 Å². The van der Waals surface area contributed by atoms with Crippen molar-refractivity contribution < 1.29 is 14.6 Å². The Balaban J connectivity index is 2.06. The van der Waals surface area contributed by atoms with Gasteiger partial charge in [-0.15, -0.1) is 0 Å². The summed E-state index contributed by atoms with van der Waals surface area (Å²) in [6.45, 7) is 0.234. The first-order valence-electron chi connectivity index (χ1n) is 5.22. The zero-order chi connectivity index (χ0) is 10.2. The van der Waals surface area contributed by atoms with Gasteiger partial charge in [0, 0.05) is 6.04 Å². The molecule has 2 fully saturated rings. The van der Waals surface area contributed by atoms with Crippen molar-refractivity contribution in [1.29, 1.82) is 0 Å². The fraction of sp³-hybridized carbons (Fsp3) is 0.900. The van der Waals surface area contributed by atoms with E-state index in [2.05, 4.69) is 4.74 Å². The number of piperidine rings is 1. The van der Waals surface area contributed by atoms with Crippen molar-refractivity contribution in [3.8, 4) is 0 Å². The van der Waals surface area contributed by atoms with E-state index in [-0.39, 0.29) is 12.5 Å². The van der Waals surface area contributed by atoms with Gasteiger partial charge in [-0.1, -0.05) is 0 Å². The smallest absolute Gasteiger partial charge is 0.319 e. The maximum Gasteiger partial charge on any atom is 0.319 e. The lowest BCUT2D eigenvalue weighted by atomic mass is 10.00. The number of aliphatic hydroxyl groups is 1. The van der Waals surface area contributed by atoms with Crippen molar-refractivity contribution in [1.82, 2.24) is 4.90 Å². The summed E-state index contributed by atoms with van der Waals surface area (Å²) in [5.41, 5.74) is -0.725. The van der Waals surface area contributed by atoms with Crippen LogP contribution in [0.1, 0.15) is 32.1 Å². The highest BCUT2D eigenvalue weighted by Crippen LogP contribution is 2.41. The third-order valence-corrected chi connectivity index (χ3v) is 3.49. The summed E-state index contributed by atoms with van der Waals surface area (Å²) in [7, 11) is 1.39. The summed E-state index contributed by atoms with van der Waals surface area (Å²) < 4.78 is 4.63. The van der Waals surface area contributed by atoms with Crippen LogP contribution < -0.4 is 0 Å². The van der Waals surface area contributed by atoms with E-state index >= 15 is 0 Å². The number of rotatable bonds is 2. The van der Waals surface area contributed by atoms with Gasteiger partial charge in [-0.25, -0.2) is 0 Å². The molecule has 0 aromatic heterocycles. The molecule has 2 saturated heterocycles. The minimum atomic E-state index is -0.725. The fourth-order valence-electron chi connectivity index (χ4n) is 2.71. The van der Waals surface area contributed by atoms with E-state index in [9.17, 15) is 9.90 Å². The molecule has 2 atom stereocenters. The van der Waals surface area contributed by atoms with E-state index in [1.807, 2.05) is 4.90 Å². The van der Waals surface area contributed by atoms with Gasteiger partial charge < -0.3 is 9.84 Å². The van der Waals surface area contributed by atoms with Crippen molar-refractivity contribution in [3.63, 3.8) is 0 Å². The number of methoxy groups -OCH3 is 1. The normalized spacial score (nSPS) is 37.1. The molecule has 2 heterocycles. The first-order valence-corrected chi connectivity index (χ1v) is 5.22. The Morgan fingerprint density at radius 1 is 1.57 bits per heavy atom. The van der Waals surface area contributed by atoms with Gasteiger partial charge in [-0.3, -0.25) is 9.69 Å². The van der Waals surface area contributed by atoms with Crippen molar-refractivity contribution >= 4 is 5.97 Å². The Morgan fingerprint density at radius 3 is 3.00 bits per heavy atom. The zero-order valence-electron chi connectivity index (χ0n) is 8.53. The van der Waals surface area contributed by atoms with E-state index in [0.29, 0.717) is 6.04 Å². The molecule has 2 rings (SSSR count). The zero-order valence-corrected chi connectivity index (χ0v) is 8.53. The molecule has 0 aliphatic carbocycles. The summed E-state index contributed by atoms with van der Waals surface area (Å²) in [4.78, 5) is 13.1. The van der Waals surface area contributed by atoms with Crippen LogP contribution in [-0.2, 0) is 9.53 Å². The molecule has 0 unspecified atom stereocenters. The minimum absolute atomic E-state index is 0.234. The molecule has 4 nitrogen and oxygen atoms in total. The van der Waals surface area contributed by atoms with Crippen LogP contribution in [0.4, 0.5) is 0 Å². The molecule has 14 heavy (non-hydrogen) atoms. The third-order valence-electron chi connectivity index (χ3n) is 3.49. The molecular formula is C10H17NO3. The predicted molar refractivity (Wildman–Crippen MR) is 50.5 cm³/mol. The van der Waals surface area contributed by atoms with Crippen LogP contribution in [0.15, 0.2) is 0 Å². The van der Waals surface area contributed by atoms with Gasteiger partial charge >= 0.3 is 5.97 Å². The van der Waals surface area contributed by atoms with Crippen LogP contribution in [0, 0.1) is 0 Å². The van der Waals surface area contributed by atoms with E-state index in [1.165, 1.54) is 7.11 Å². The maximum atomic E-state index is 11.2. The predicted octanol–water partition coefficient (Wildman–Crippen LogP) is 0.496. The molecule has 0 aromatic carbocycles. The molecule has 4 heteroatoms. The summed E-state index contributed by atoms with van der Waals surface area (Å²) >= 11 is 0. The topological polar surface area (TPSA) is 49.8 Å². The number of carbonyl (C=O) groups is 1. The summed E-state index contributed by atoms with van der Waals surface area (Å²) in [5.74, 6) is -0.253. The number of fused-ring (bicyclic) bond motifs is 2. The molecule has 0 saturated carbocycles. The summed E-state index contributed by atoms with van der Waals surface area (Å²) in [6.07, 6.45) is 4.76. The van der Waals surface area contributed by atoms with Gasteiger partial charge in [0.25, 0.3) is 0 Å². The second kappa shape index (κ2) is 3.51. The van der Waals surface area contributed by atoms with E-state index < -0.39 is 5.72 Å².